The van der Waals surface area contributed by atoms with Crippen molar-refractivity contribution < 1.29 is 0 Å². The van der Waals surface area contributed by atoms with E-state index in [0.29, 0.717) is 0 Å². The summed E-state index contributed by atoms with van der Waals surface area (Å²) in [7, 11) is 0. The van der Waals surface area contributed by atoms with E-state index in [-0.39, 0.29) is 0 Å². The first kappa shape index (κ1) is 15.8. The van der Waals surface area contributed by atoms with E-state index in [9.17, 15) is 0 Å². The maximum absolute atomic E-state index is 2.82. The third-order valence-corrected chi connectivity index (χ3v) is 5.82. The molecule has 3 aliphatic rings. The van der Waals surface area contributed by atoms with Crippen LogP contribution < -0.4 is 0 Å². The van der Waals surface area contributed by atoms with Crippen molar-refractivity contribution in [3.63, 3.8) is 0 Å². The molecule has 3 aliphatic heterocycles. The van der Waals surface area contributed by atoms with Gasteiger partial charge >= 0.3 is 0 Å². The Balaban J connectivity index is 1.41. The van der Waals surface area contributed by atoms with Gasteiger partial charge in [-0.25, -0.2) is 0 Å². The Labute approximate surface area is 131 Å². The highest BCUT2D eigenvalue weighted by atomic mass is 15.2. The molecule has 1 unspecified atom stereocenters. The number of nitrogens with zero attached hydrogens (tertiary/aromatic N) is 3. The smallest absolute Gasteiger partial charge is 0.0223 e. The number of rotatable bonds is 4. The largest absolute Gasteiger partial charge is 0.302 e. The van der Waals surface area contributed by atoms with Gasteiger partial charge in [0, 0.05) is 25.7 Å². The number of piperidine rings is 2. The number of hydrogen-bond acceptors (Lipinski definition) is 3. The zero-order valence-electron chi connectivity index (χ0n) is 13.9. The van der Waals surface area contributed by atoms with Crippen LogP contribution in [-0.4, -0.2) is 73.1 Å². The highest BCUT2D eigenvalue weighted by Crippen LogP contribution is 2.20. The molecule has 3 nitrogen and oxygen atoms in total. The molecule has 122 valence electrons. The van der Waals surface area contributed by atoms with Gasteiger partial charge in [-0.1, -0.05) is 19.3 Å². The SMILES string of the molecule is C1CCN(CCN2CCCC(N3CCCCCC3)C2)CC1. The molecule has 3 fully saturated rings. The average molecular weight is 293 g/mol. The van der Waals surface area contributed by atoms with Gasteiger partial charge in [0.1, 0.15) is 0 Å². The summed E-state index contributed by atoms with van der Waals surface area (Å²) in [4.78, 5) is 8.27. The second kappa shape index (κ2) is 8.50. The molecule has 3 rings (SSSR count). The normalized spacial score (nSPS) is 31.1. The molecule has 0 aliphatic carbocycles. The molecule has 0 N–H and O–H groups in total. The quantitative estimate of drug-likeness (QED) is 0.789. The Hall–Kier alpha value is -0.120. The van der Waals surface area contributed by atoms with Crippen molar-refractivity contribution in [2.75, 3.05) is 52.4 Å². The standard InChI is InChI=1S/C18H35N3/c1-2-7-14-21(13-6-1)18-9-8-12-20(17-18)16-15-19-10-4-3-5-11-19/h18H,1-17H2. The van der Waals surface area contributed by atoms with Gasteiger partial charge in [-0.3, -0.25) is 4.90 Å². The zero-order chi connectivity index (χ0) is 14.3. The van der Waals surface area contributed by atoms with Gasteiger partial charge in [0.05, 0.1) is 0 Å². The average Bonchev–Trinajstić information content (AvgIpc) is 2.83. The third kappa shape index (κ3) is 4.94. The van der Waals surface area contributed by atoms with Crippen molar-refractivity contribution in [1.82, 2.24) is 14.7 Å². The van der Waals surface area contributed by atoms with Crippen LogP contribution in [0.1, 0.15) is 57.8 Å². The van der Waals surface area contributed by atoms with Crippen LogP contribution in [-0.2, 0) is 0 Å². The molecule has 0 radical (unpaired) electrons. The van der Waals surface area contributed by atoms with Gasteiger partial charge < -0.3 is 9.80 Å². The Morgan fingerprint density at radius 1 is 0.571 bits per heavy atom. The summed E-state index contributed by atoms with van der Waals surface area (Å²) < 4.78 is 0. The summed E-state index contributed by atoms with van der Waals surface area (Å²) in [5.74, 6) is 0. The minimum absolute atomic E-state index is 0.859. The van der Waals surface area contributed by atoms with Crippen LogP contribution in [0.3, 0.4) is 0 Å². The predicted octanol–water partition coefficient (Wildman–Crippen LogP) is 2.81. The molecule has 0 saturated carbocycles. The van der Waals surface area contributed by atoms with Crippen molar-refractivity contribution in [3.05, 3.63) is 0 Å². The Morgan fingerprint density at radius 3 is 1.90 bits per heavy atom. The topological polar surface area (TPSA) is 9.72 Å². The molecule has 0 amide bonds. The lowest BCUT2D eigenvalue weighted by atomic mass is 10.0. The summed E-state index contributed by atoms with van der Waals surface area (Å²) in [6, 6.07) is 0.859. The van der Waals surface area contributed by atoms with Crippen molar-refractivity contribution in [2.45, 2.75) is 63.8 Å². The zero-order valence-corrected chi connectivity index (χ0v) is 13.9. The minimum Gasteiger partial charge on any atom is -0.302 e. The Morgan fingerprint density at radius 2 is 1.14 bits per heavy atom. The molecule has 0 spiro atoms. The molecule has 1 atom stereocenters. The molecule has 0 aromatic rings. The molecule has 3 heterocycles. The first-order valence-electron chi connectivity index (χ1n) is 9.60. The first-order valence-corrected chi connectivity index (χ1v) is 9.60. The molecular formula is C18H35N3. The fourth-order valence-corrected chi connectivity index (χ4v) is 4.46. The lowest BCUT2D eigenvalue weighted by Gasteiger charge is -2.40. The third-order valence-electron chi connectivity index (χ3n) is 5.82. The maximum atomic E-state index is 2.82. The van der Waals surface area contributed by atoms with E-state index in [0.717, 1.165) is 6.04 Å². The van der Waals surface area contributed by atoms with E-state index < -0.39 is 0 Å². The van der Waals surface area contributed by atoms with Crippen LogP contribution in [0, 0.1) is 0 Å². The lowest BCUT2D eigenvalue weighted by Crippen LogP contribution is -2.50. The monoisotopic (exact) mass is 293 g/mol. The van der Waals surface area contributed by atoms with Crippen LogP contribution in [0.2, 0.25) is 0 Å². The summed E-state index contributed by atoms with van der Waals surface area (Å²) >= 11 is 0. The summed E-state index contributed by atoms with van der Waals surface area (Å²) in [5, 5.41) is 0. The minimum atomic E-state index is 0.859. The fraction of sp³-hybridized carbons (Fsp3) is 1.00. The van der Waals surface area contributed by atoms with Gasteiger partial charge in [0.15, 0.2) is 0 Å². The summed E-state index contributed by atoms with van der Waals surface area (Å²) in [6.07, 6.45) is 13.0. The van der Waals surface area contributed by atoms with Crippen molar-refractivity contribution in [2.24, 2.45) is 0 Å². The molecule has 0 aromatic carbocycles. The number of likely N-dealkylation sites (tertiary alicyclic amines) is 3. The molecule has 21 heavy (non-hydrogen) atoms. The van der Waals surface area contributed by atoms with E-state index in [1.165, 1.54) is 110 Å². The molecule has 0 aromatic heterocycles. The van der Waals surface area contributed by atoms with Crippen molar-refractivity contribution >= 4 is 0 Å². The summed E-state index contributed by atoms with van der Waals surface area (Å²) in [6.45, 7) is 10.7. The van der Waals surface area contributed by atoms with Gasteiger partial charge in [-0.15, -0.1) is 0 Å². The van der Waals surface area contributed by atoms with Crippen molar-refractivity contribution in [3.8, 4) is 0 Å². The second-order valence-electron chi connectivity index (χ2n) is 7.45. The van der Waals surface area contributed by atoms with E-state index in [4.69, 9.17) is 0 Å². The molecular weight excluding hydrogens is 258 g/mol. The van der Waals surface area contributed by atoms with Gasteiger partial charge in [-0.2, -0.15) is 0 Å². The fourth-order valence-electron chi connectivity index (χ4n) is 4.46. The lowest BCUT2D eigenvalue weighted by molar-refractivity contribution is 0.0889. The second-order valence-corrected chi connectivity index (χ2v) is 7.45. The number of hydrogen-bond donors (Lipinski definition) is 0. The van der Waals surface area contributed by atoms with Gasteiger partial charge in [0.25, 0.3) is 0 Å². The Bertz CT molecular complexity index is 280. The van der Waals surface area contributed by atoms with Gasteiger partial charge in [-0.05, 0) is 71.2 Å². The highest BCUT2D eigenvalue weighted by Gasteiger charge is 2.25. The van der Waals surface area contributed by atoms with Crippen LogP contribution >= 0.6 is 0 Å². The molecule has 3 saturated heterocycles. The summed E-state index contributed by atoms with van der Waals surface area (Å²) in [5.41, 5.74) is 0. The van der Waals surface area contributed by atoms with E-state index in [1.54, 1.807) is 0 Å². The predicted molar refractivity (Wildman–Crippen MR) is 89.8 cm³/mol. The van der Waals surface area contributed by atoms with Crippen LogP contribution in [0.25, 0.3) is 0 Å². The van der Waals surface area contributed by atoms with Crippen LogP contribution in [0.15, 0.2) is 0 Å². The van der Waals surface area contributed by atoms with Crippen LogP contribution in [0.5, 0.6) is 0 Å². The highest BCUT2D eigenvalue weighted by molar-refractivity contribution is 4.82. The maximum Gasteiger partial charge on any atom is 0.0223 e. The first-order chi connectivity index (χ1) is 10.4. The van der Waals surface area contributed by atoms with E-state index in [1.807, 2.05) is 0 Å². The Kier molecular flexibility index (Phi) is 6.38. The molecule has 3 heteroatoms. The van der Waals surface area contributed by atoms with Crippen molar-refractivity contribution in [1.29, 1.82) is 0 Å². The molecule has 0 bridgehead atoms. The van der Waals surface area contributed by atoms with E-state index in [2.05, 4.69) is 14.7 Å². The van der Waals surface area contributed by atoms with E-state index >= 15 is 0 Å². The van der Waals surface area contributed by atoms with Crippen LogP contribution in [0.4, 0.5) is 0 Å². The van der Waals surface area contributed by atoms with Gasteiger partial charge in [0.2, 0.25) is 0 Å².